The molecule has 0 unspecified atom stereocenters. The predicted octanol–water partition coefficient (Wildman–Crippen LogP) is 2.28. The minimum atomic E-state index is -1.01. The monoisotopic (exact) mass is 289 g/mol. The lowest BCUT2D eigenvalue weighted by molar-refractivity contribution is 0.0697. The van der Waals surface area contributed by atoms with E-state index < -0.39 is 5.97 Å². The molecule has 0 spiro atoms. The normalized spacial score (nSPS) is 10.7. The SMILES string of the molecule is CC(C)CN(CCN(C)C)c1ccc(C(=O)O)cc1C#N. The highest BCUT2D eigenvalue weighted by molar-refractivity contribution is 5.89. The summed E-state index contributed by atoms with van der Waals surface area (Å²) < 4.78 is 0. The van der Waals surface area contributed by atoms with Gasteiger partial charge < -0.3 is 14.9 Å². The Hall–Kier alpha value is -2.06. The number of anilines is 1. The number of carboxylic acid groups (broad SMARTS) is 1. The molecule has 1 N–H and O–H groups in total. The van der Waals surface area contributed by atoms with Gasteiger partial charge in [-0.2, -0.15) is 5.26 Å². The average molecular weight is 289 g/mol. The van der Waals surface area contributed by atoms with Gasteiger partial charge in [-0.3, -0.25) is 0 Å². The first kappa shape index (κ1) is 17.0. The van der Waals surface area contributed by atoms with Crippen molar-refractivity contribution in [3.63, 3.8) is 0 Å². The van der Waals surface area contributed by atoms with Gasteiger partial charge in [0.1, 0.15) is 6.07 Å². The smallest absolute Gasteiger partial charge is 0.335 e. The van der Waals surface area contributed by atoms with Crippen molar-refractivity contribution in [1.29, 1.82) is 5.26 Å². The van der Waals surface area contributed by atoms with E-state index in [0.717, 1.165) is 25.3 Å². The first-order valence-electron chi connectivity index (χ1n) is 7.02. The molecule has 0 atom stereocenters. The third-order valence-electron chi connectivity index (χ3n) is 3.11. The van der Waals surface area contributed by atoms with Crippen LogP contribution < -0.4 is 4.90 Å². The lowest BCUT2D eigenvalue weighted by Crippen LogP contribution is -2.34. The molecule has 5 nitrogen and oxygen atoms in total. The van der Waals surface area contributed by atoms with Gasteiger partial charge in [0.15, 0.2) is 0 Å². The van der Waals surface area contributed by atoms with Gasteiger partial charge in [-0.05, 0) is 38.2 Å². The zero-order chi connectivity index (χ0) is 16.0. The van der Waals surface area contributed by atoms with Crippen molar-refractivity contribution in [2.45, 2.75) is 13.8 Å². The van der Waals surface area contributed by atoms with Crippen LogP contribution in [-0.2, 0) is 0 Å². The summed E-state index contributed by atoms with van der Waals surface area (Å²) in [6.45, 7) is 6.75. The highest BCUT2D eigenvalue weighted by Crippen LogP contribution is 2.22. The van der Waals surface area contributed by atoms with Gasteiger partial charge >= 0.3 is 5.97 Å². The summed E-state index contributed by atoms with van der Waals surface area (Å²) in [7, 11) is 4.01. The summed E-state index contributed by atoms with van der Waals surface area (Å²) in [5.74, 6) is -0.556. The molecule has 5 heteroatoms. The fourth-order valence-corrected chi connectivity index (χ4v) is 2.11. The number of hydrogen-bond donors (Lipinski definition) is 1. The molecule has 0 heterocycles. The topological polar surface area (TPSA) is 67.6 Å². The summed E-state index contributed by atoms with van der Waals surface area (Å²) in [5, 5.41) is 18.3. The van der Waals surface area contributed by atoms with Crippen LogP contribution in [0.4, 0.5) is 5.69 Å². The molecule has 0 saturated carbocycles. The van der Waals surface area contributed by atoms with Crippen molar-refractivity contribution < 1.29 is 9.90 Å². The van der Waals surface area contributed by atoms with Gasteiger partial charge in [0.2, 0.25) is 0 Å². The van der Waals surface area contributed by atoms with Crippen molar-refractivity contribution in [2.24, 2.45) is 5.92 Å². The van der Waals surface area contributed by atoms with Crippen LogP contribution in [0.5, 0.6) is 0 Å². The van der Waals surface area contributed by atoms with Gasteiger partial charge in [-0.1, -0.05) is 13.8 Å². The van der Waals surface area contributed by atoms with E-state index >= 15 is 0 Å². The Kier molecular flexibility index (Phi) is 6.19. The highest BCUT2D eigenvalue weighted by atomic mass is 16.4. The number of nitrogens with zero attached hydrogens (tertiary/aromatic N) is 3. The zero-order valence-corrected chi connectivity index (χ0v) is 13.1. The maximum Gasteiger partial charge on any atom is 0.335 e. The van der Waals surface area contributed by atoms with Gasteiger partial charge in [0.25, 0.3) is 0 Å². The quantitative estimate of drug-likeness (QED) is 0.834. The van der Waals surface area contributed by atoms with E-state index in [1.807, 2.05) is 14.1 Å². The molecule has 1 rings (SSSR count). The van der Waals surface area contributed by atoms with Crippen LogP contribution in [0.1, 0.15) is 29.8 Å². The fourth-order valence-electron chi connectivity index (χ4n) is 2.11. The second-order valence-corrected chi connectivity index (χ2v) is 5.79. The minimum absolute atomic E-state index is 0.146. The average Bonchev–Trinajstić information content (AvgIpc) is 2.42. The molecule has 114 valence electrons. The second kappa shape index (κ2) is 7.65. The Bertz CT molecular complexity index is 533. The van der Waals surface area contributed by atoms with Crippen molar-refractivity contribution in [2.75, 3.05) is 38.6 Å². The van der Waals surface area contributed by atoms with Crippen LogP contribution in [0, 0.1) is 17.2 Å². The molecule has 0 aliphatic carbocycles. The number of aromatic carboxylic acids is 1. The molecule has 1 aromatic rings. The second-order valence-electron chi connectivity index (χ2n) is 5.79. The van der Waals surface area contributed by atoms with Gasteiger partial charge in [-0.25, -0.2) is 4.79 Å². The lowest BCUT2D eigenvalue weighted by Gasteiger charge is -2.29. The van der Waals surface area contributed by atoms with E-state index in [9.17, 15) is 10.1 Å². The van der Waals surface area contributed by atoms with E-state index in [4.69, 9.17) is 5.11 Å². The van der Waals surface area contributed by atoms with Crippen molar-refractivity contribution in [3.8, 4) is 6.07 Å². The largest absolute Gasteiger partial charge is 0.478 e. The maximum atomic E-state index is 11.0. The number of carboxylic acids is 1. The first-order chi connectivity index (χ1) is 9.85. The van der Waals surface area contributed by atoms with Crippen molar-refractivity contribution in [3.05, 3.63) is 29.3 Å². The van der Waals surface area contributed by atoms with Gasteiger partial charge in [0, 0.05) is 19.6 Å². The van der Waals surface area contributed by atoms with Crippen LogP contribution >= 0.6 is 0 Å². The highest BCUT2D eigenvalue weighted by Gasteiger charge is 2.15. The summed E-state index contributed by atoms with van der Waals surface area (Å²) in [6.07, 6.45) is 0. The summed E-state index contributed by atoms with van der Waals surface area (Å²) in [5.41, 5.74) is 1.36. The Labute approximate surface area is 126 Å². The number of carbonyl (C=O) groups is 1. The van der Waals surface area contributed by atoms with E-state index in [1.54, 1.807) is 12.1 Å². The van der Waals surface area contributed by atoms with Crippen LogP contribution in [0.15, 0.2) is 18.2 Å². The van der Waals surface area contributed by atoms with E-state index in [0.29, 0.717) is 11.5 Å². The molecule has 0 radical (unpaired) electrons. The molecule has 0 fully saturated rings. The Balaban J connectivity index is 3.11. The third kappa shape index (κ3) is 5.09. The Morgan fingerprint density at radius 2 is 2.00 bits per heavy atom. The maximum absolute atomic E-state index is 11.0. The van der Waals surface area contributed by atoms with Gasteiger partial charge in [0.05, 0.1) is 16.8 Å². The zero-order valence-electron chi connectivity index (χ0n) is 13.1. The summed E-state index contributed by atoms with van der Waals surface area (Å²) >= 11 is 0. The standard InChI is InChI=1S/C16H23N3O2/c1-12(2)11-19(8-7-18(3)4)15-6-5-13(16(20)21)9-14(15)10-17/h5-6,9,12H,7-8,11H2,1-4H3,(H,20,21). The van der Waals surface area contributed by atoms with Crippen LogP contribution in [-0.4, -0.2) is 49.7 Å². The summed E-state index contributed by atoms with van der Waals surface area (Å²) in [4.78, 5) is 15.2. The molecule has 0 aliphatic rings. The predicted molar refractivity (Wildman–Crippen MR) is 83.7 cm³/mol. The molecule has 1 aromatic carbocycles. The van der Waals surface area contributed by atoms with E-state index in [-0.39, 0.29) is 5.56 Å². The molecular weight excluding hydrogens is 266 g/mol. The molecule has 21 heavy (non-hydrogen) atoms. The van der Waals surface area contributed by atoms with Crippen LogP contribution in [0.3, 0.4) is 0 Å². The summed E-state index contributed by atoms with van der Waals surface area (Å²) in [6, 6.07) is 6.85. The van der Waals surface area contributed by atoms with Crippen molar-refractivity contribution >= 4 is 11.7 Å². The van der Waals surface area contributed by atoms with Gasteiger partial charge in [-0.15, -0.1) is 0 Å². The number of benzene rings is 1. The lowest BCUT2D eigenvalue weighted by atomic mass is 10.1. The van der Waals surface area contributed by atoms with Crippen LogP contribution in [0.25, 0.3) is 0 Å². The number of rotatable bonds is 7. The first-order valence-corrected chi connectivity index (χ1v) is 7.02. The van der Waals surface area contributed by atoms with E-state index in [2.05, 4.69) is 29.7 Å². The van der Waals surface area contributed by atoms with Crippen molar-refractivity contribution in [1.82, 2.24) is 4.90 Å². The number of nitriles is 1. The Morgan fingerprint density at radius 3 is 2.48 bits per heavy atom. The fraction of sp³-hybridized carbons (Fsp3) is 0.500. The molecular formula is C16H23N3O2. The molecule has 0 saturated heterocycles. The molecule has 0 bridgehead atoms. The molecule has 0 aromatic heterocycles. The number of likely N-dealkylation sites (N-methyl/N-ethyl adjacent to an activating group) is 1. The minimum Gasteiger partial charge on any atom is -0.478 e. The number of hydrogen-bond acceptors (Lipinski definition) is 4. The van der Waals surface area contributed by atoms with Crippen LogP contribution in [0.2, 0.25) is 0 Å². The van der Waals surface area contributed by atoms with E-state index in [1.165, 1.54) is 6.07 Å². The third-order valence-corrected chi connectivity index (χ3v) is 3.11. The Morgan fingerprint density at radius 1 is 1.33 bits per heavy atom. The molecule has 0 amide bonds. The molecule has 0 aliphatic heterocycles.